The van der Waals surface area contributed by atoms with E-state index in [-0.39, 0.29) is 24.7 Å². The van der Waals surface area contributed by atoms with Crippen LogP contribution in [0.1, 0.15) is 27.4 Å². The van der Waals surface area contributed by atoms with Crippen LogP contribution in [0.5, 0.6) is 5.75 Å². The van der Waals surface area contributed by atoms with Gasteiger partial charge in [-0.1, -0.05) is 41.0 Å². The molecule has 0 bridgehead atoms. The molecule has 0 spiro atoms. The molecule has 0 saturated heterocycles. The molecule has 7 nitrogen and oxygen atoms in total. The number of rotatable bonds is 7. The fourth-order valence-electron chi connectivity index (χ4n) is 2.96. The van der Waals surface area contributed by atoms with Crippen molar-refractivity contribution in [2.45, 2.75) is 20.1 Å². The lowest BCUT2D eigenvalue weighted by Crippen LogP contribution is -2.15. The Morgan fingerprint density at radius 2 is 2.10 bits per heavy atom. The molecule has 4 rings (SSSR count). The Morgan fingerprint density at radius 1 is 1.26 bits per heavy atom. The van der Waals surface area contributed by atoms with Gasteiger partial charge in [-0.2, -0.15) is 5.10 Å². The lowest BCUT2D eigenvalue weighted by molar-refractivity contribution is 0.101. The number of carbonyl (C=O) groups is 1. The summed E-state index contributed by atoms with van der Waals surface area (Å²) in [4.78, 5) is 12.7. The van der Waals surface area contributed by atoms with Gasteiger partial charge in [-0.05, 0) is 31.2 Å². The number of halogens is 2. The van der Waals surface area contributed by atoms with Gasteiger partial charge in [-0.3, -0.25) is 9.48 Å². The number of benzene rings is 2. The van der Waals surface area contributed by atoms with Crippen molar-refractivity contribution in [3.8, 4) is 5.75 Å². The number of ether oxygens (including phenoxy) is 1. The molecule has 0 atom stereocenters. The highest BCUT2D eigenvalue weighted by molar-refractivity contribution is 6.30. The van der Waals surface area contributed by atoms with Crippen LogP contribution >= 0.6 is 11.6 Å². The summed E-state index contributed by atoms with van der Waals surface area (Å²) >= 11 is 5.97. The molecule has 1 amide bonds. The van der Waals surface area contributed by atoms with Crippen molar-refractivity contribution in [2.75, 3.05) is 5.32 Å². The largest absolute Gasteiger partial charge is 0.489 e. The molecule has 0 aliphatic carbocycles. The van der Waals surface area contributed by atoms with Gasteiger partial charge in [0.2, 0.25) is 0 Å². The number of aromatic nitrogens is 3. The molecule has 9 heteroatoms. The molecule has 0 saturated carbocycles. The maximum absolute atomic E-state index is 13.8. The normalized spacial score (nSPS) is 10.8. The van der Waals surface area contributed by atoms with E-state index in [0.29, 0.717) is 33.3 Å². The highest BCUT2D eigenvalue weighted by Gasteiger charge is 2.21. The van der Waals surface area contributed by atoms with Crippen molar-refractivity contribution < 1.29 is 18.4 Å². The third-order valence-corrected chi connectivity index (χ3v) is 4.80. The van der Waals surface area contributed by atoms with Gasteiger partial charge < -0.3 is 14.6 Å². The number of hydrogen-bond acceptors (Lipinski definition) is 5. The molecule has 0 unspecified atom stereocenters. The maximum atomic E-state index is 13.8. The Kier molecular flexibility index (Phi) is 5.99. The third-order valence-electron chi connectivity index (χ3n) is 4.56. The summed E-state index contributed by atoms with van der Waals surface area (Å²) in [5.74, 6) is 0.259. The van der Waals surface area contributed by atoms with Gasteiger partial charge in [0.15, 0.2) is 5.69 Å². The molecule has 2 aromatic heterocycles. The first-order valence-corrected chi connectivity index (χ1v) is 9.78. The topological polar surface area (TPSA) is 82.2 Å². The number of nitrogens with zero attached hydrogens (tertiary/aromatic N) is 3. The van der Waals surface area contributed by atoms with E-state index in [1.54, 1.807) is 55.6 Å². The molecule has 1 N–H and O–H groups in total. The zero-order valence-electron chi connectivity index (χ0n) is 16.5. The van der Waals surface area contributed by atoms with Crippen molar-refractivity contribution in [1.82, 2.24) is 14.9 Å². The van der Waals surface area contributed by atoms with Gasteiger partial charge in [0, 0.05) is 16.8 Å². The number of anilines is 1. The van der Waals surface area contributed by atoms with Crippen LogP contribution in [-0.2, 0) is 13.2 Å². The van der Waals surface area contributed by atoms with E-state index in [4.69, 9.17) is 20.9 Å². The number of aryl methyl sites for hydroxylation is 1. The number of amides is 1. The number of hydrogen-bond donors (Lipinski definition) is 1. The third kappa shape index (κ3) is 4.92. The van der Waals surface area contributed by atoms with E-state index in [1.165, 1.54) is 16.9 Å². The number of carbonyl (C=O) groups excluding carboxylic acids is 1. The van der Waals surface area contributed by atoms with Crippen LogP contribution in [-0.4, -0.2) is 20.8 Å². The highest BCUT2D eigenvalue weighted by Crippen LogP contribution is 2.21. The van der Waals surface area contributed by atoms with Crippen molar-refractivity contribution in [1.29, 1.82) is 0 Å². The Balaban J connectivity index is 1.43. The predicted molar refractivity (Wildman–Crippen MR) is 113 cm³/mol. The highest BCUT2D eigenvalue weighted by atomic mass is 35.5. The van der Waals surface area contributed by atoms with Crippen LogP contribution in [0.2, 0.25) is 5.02 Å². The van der Waals surface area contributed by atoms with Crippen molar-refractivity contribution in [2.24, 2.45) is 0 Å². The van der Waals surface area contributed by atoms with Crippen molar-refractivity contribution in [3.63, 3.8) is 0 Å². The Hall–Kier alpha value is -3.65. The summed E-state index contributed by atoms with van der Waals surface area (Å²) in [6.07, 6.45) is 3.09. The minimum Gasteiger partial charge on any atom is -0.489 e. The zero-order valence-corrected chi connectivity index (χ0v) is 17.3. The molecular weight excluding hydrogens is 423 g/mol. The van der Waals surface area contributed by atoms with Gasteiger partial charge >= 0.3 is 0 Å². The van der Waals surface area contributed by atoms with Gasteiger partial charge in [-0.15, -0.1) is 0 Å². The van der Waals surface area contributed by atoms with Crippen molar-refractivity contribution in [3.05, 3.63) is 94.3 Å². The standard InChI is InChI=1S/C22H18ClFN4O3/c1-14-19(13-30-18-7-4-6-16(23)9-18)21(27-31-14)22(29)26-17-10-25-28(12-17)11-15-5-2-3-8-20(15)24/h2-10,12H,11,13H2,1H3,(H,26,29). The second-order valence-electron chi connectivity index (χ2n) is 6.78. The molecule has 158 valence electrons. The van der Waals surface area contributed by atoms with E-state index >= 15 is 0 Å². The second kappa shape index (κ2) is 9.01. The molecule has 4 aromatic rings. The van der Waals surface area contributed by atoms with E-state index in [1.807, 2.05) is 0 Å². The zero-order chi connectivity index (χ0) is 21.8. The Bertz CT molecular complexity index is 1220. The summed E-state index contributed by atoms with van der Waals surface area (Å²) in [5, 5.41) is 11.3. The first kappa shape index (κ1) is 20.6. The van der Waals surface area contributed by atoms with Crippen LogP contribution < -0.4 is 10.1 Å². The summed E-state index contributed by atoms with van der Waals surface area (Å²) < 4.78 is 26.3. The molecule has 0 aliphatic rings. The van der Waals surface area contributed by atoms with Gasteiger partial charge in [0.1, 0.15) is 23.9 Å². The average molecular weight is 441 g/mol. The number of nitrogens with one attached hydrogen (secondary N) is 1. The summed E-state index contributed by atoms with van der Waals surface area (Å²) in [7, 11) is 0. The summed E-state index contributed by atoms with van der Waals surface area (Å²) in [5.41, 5.74) is 1.58. The van der Waals surface area contributed by atoms with Gasteiger partial charge in [-0.25, -0.2) is 4.39 Å². The average Bonchev–Trinajstić information content (AvgIpc) is 3.34. The minimum atomic E-state index is -0.466. The molecule has 2 heterocycles. The van der Waals surface area contributed by atoms with Gasteiger partial charge in [0.05, 0.1) is 24.0 Å². The van der Waals surface area contributed by atoms with Crippen LogP contribution in [0.4, 0.5) is 10.1 Å². The van der Waals surface area contributed by atoms with Gasteiger partial charge in [0.25, 0.3) is 5.91 Å². The van der Waals surface area contributed by atoms with Crippen LogP contribution in [0.15, 0.2) is 65.4 Å². The monoisotopic (exact) mass is 440 g/mol. The van der Waals surface area contributed by atoms with E-state index in [9.17, 15) is 9.18 Å². The SMILES string of the molecule is Cc1onc(C(=O)Nc2cnn(Cc3ccccc3F)c2)c1COc1cccc(Cl)c1. The quantitative estimate of drug-likeness (QED) is 0.444. The molecule has 31 heavy (non-hydrogen) atoms. The van der Waals surface area contributed by atoms with Crippen LogP contribution in [0, 0.1) is 12.7 Å². The Labute approximate surface area is 182 Å². The van der Waals surface area contributed by atoms with Crippen LogP contribution in [0.3, 0.4) is 0 Å². The molecule has 0 aliphatic heterocycles. The molecule has 2 aromatic carbocycles. The summed E-state index contributed by atoms with van der Waals surface area (Å²) in [6, 6.07) is 13.4. The lowest BCUT2D eigenvalue weighted by atomic mass is 10.2. The van der Waals surface area contributed by atoms with E-state index in [2.05, 4.69) is 15.6 Å². The van der Waals surface area contributed by atoms with Crippen molar-refractivity contribution >= 4 is 23.2 Å². The van der Waals surface area contributed by atoms with E-state index < -0.39 is 5.91 Å². The fourth-order valence-corrected chi connectivity index (χ4v) is 3.14. The molecule has 0 radical (unpaired) electrons. The lowest BCUT2D eigenvalue weighted by Gasteiger charge is -2.07. The maximum Gasteiger partial charge on any atom is 0.278 e. The molecule has 0 fully saturated rings. The predicted octanol–water partition coefficient (Wildman–Crippen LogP) is 4.85. The van der Waals surface area contributed by atoms with Crippen LogP contribution in [0.25, 0.3) is 0 Å². The second-order valence-corrected chi connectivity index (χ2v) is 7.22. The summed E-state index contributed by atoms with van der Waals surface area (Å²) in [6.45, 7) is 2.03. The first-order valence-electron chi connectivity index (χ1n) is 9.40. The Morgan fingerprint density at radius 3 is 2.90 bits per heavy atom. The molecular formula is C22H18ClFN4O3. The minimum absolute atomic E-state index is 0.0883. The smallest absolute Gasteiger partial charge is 0.278 e. The fraction of sp³-hybridized carbons (Fsp3) is 0.136. The van der Waals surface area contributed by atoms with E-state index in [0.717, 1.165) is 0 Å². The first-order chi connectivity index (χ1) is 15.0.